The second-order valence-electron chi connectivity index (χ2n) is 6.36. The Bertz CT molecular complexity index is 730. The molecule has 1 saturated heterocycles. The Balaban J connectivity index is 1.51. The molecule has 0 bridgehead atoms. The molecule has 1 aliphatic heterocycles. The van der Waals surface area contributed by atoms with Crippen molar-refractivity contribution in [1.82, 2.24) is 10.2 Å². The van der Waals surface area contributed by atoms with E-state index in [1.807, 2.05) is 36.4 Å². The van der Waals surface area contributed by atoms with Crippen molar-refractivity contribution >= 4 is 5.91 Å². The fourth-order valence-electron chi connectivity index (χ4n) is 2.93. The predicted molar refractivity (Wildman–Crippen MR) is 103 cm³/mol. The van der Waals surface area contributed by atoms with Crippen LogP contribution < -0.4 is 14.8 Å². The van der Waals surface area contributed by atoms with E-state index in [4.69, 9.17) is 14.2 Å². The standard InChI is InChI=1S/C21H26N2O4/c1-25-20-13-18(15-22-14-17-5-3-2-4-6-17)7-8-19(20)27-16-21(24)23-9-11-26-12-10-23/h2-8,13,22H,9-12,14-16H2,1H3. The fraction of sp³-hybridized carbons (Fsp3) is 0.381. The number of ether oxygens (including phenoxy) is 3. The summed E-state index contributed by atoms with van der Waals surface area (Å²) in [6.45, 7) is 3.92. The lowest BCUT2D eigenvalue weighted by Gasteiger charge is -2.26. The van der Waals surface area contributed by atoms with E-state index in [9.17, 15) is 4.79 Å². The molecule has 1 aliphatic rings. The van der Waals surface area contributed by atoms with Crippen molar-refractivity contribution < 1.29 is 19.0 Å². The third-order valence-corrected chi connectivity index (χ3v) is 4.44. The molecule has 144 valence electrons. The average molecular weight is 370 g/mol. The highest BCUT2D eigenvalue weighted by atomic mass is 16.5. The Morgan fingerprint density at radius 3 is 2.52 bits per heavy atom. The smallest absolute Gasteiger partial charge is 0.260 e. The number of amides is 1. The molecule has 0 aliphatic carbocycles. The number of methoxy groups -OCH3 is 1. The summed E-state index contributed by atoms with van der Waals surface area (Å²) in [6.07, 6.45) is 0. The van der Waals surface area contributed by atoms with Crippen LogP contribution in [0.2, 0.25) is 0 Å². The first kappa shape index (κ1) is 19.2. The Morgan fingerprint density at radius 2 is 1.78 bits per heavy atom. The van der Waals surface area contributed by atoms with E-state index in [1.165, 1.54) is 5.56 Å². The molecule has 6 nitrogen and oxygen atoms in total. The topological polar surface area (TPSA) is 60.0 Å². The number of nitrogens with one attached hydrogen (secondary N) is 1. The number of nitrogens with zero attached hydrogens (tertiary/aromatic N) is 1. The second-order valence-corrected chi connectivity index (χ2v) is 6.36. The first-order valence-electron chi connectivity index (χ1n) is 9.16. The molecule has 1 amide bonds. The number of morpholine rings is 1. The van der Waals surface area contributed by atoms with E-state index >= 15 is 0 Å². The molecule has 6 heteroatoms. The molecule has 1 fully saturated rings. The summed E-state index contributed by atoms with van der Waals surface area (Å²) in [5, 5.41) is 3.41. The predicted octanol–water partition coefficient (Wildman–Crippen LogP) is 2.22. The van der Waals surface area contributed by atoms with Gasteiger partial charge in [0.2, 0.25) is 0 Å². The van der Waals surface area contributed by atoms with Gasteiger partial charge in [0.05, 0.1) is 20.3 Å². The number of rotatable bonds is 8. The molecule has 0 aromatic heterocycles. The van der Waals surface area contributed by atoms with Crippen LogP contribution in [0.1, 0.15) is 11.1 Å². The maximum Gasteiger partial charge on any atom is 0.260 e. The first-order chi connectivity index (χ1) is 13.3. The third kappa shape index (κ3) is 5.70. The van der Waals surface area contributed by atoms with Gasteiger partial charge in [-0.15, -0.1) is 0 Å². The molecule has 2 aromatic carbocycles. The molecule has 2 aromatic rings. The van der Waals surface area contributed by atoms with Crippen LogP contribution in [-0.2, 0) is 22.6 Å². The van der Waals surface area contributed by atoms with E-state index in [1.54, 1.807) is 12.0 Å². The van der Waals surface area contributed by atoms with Crippen molar-refractivity contribution in [2.45, 2.75) is 13.1 Å². The Labute approximate surface area is 160 Å². The summed E-state index contributed by atoms with van der Waals surface area (Å²) >= 11 is 0. The molecule has 0 unspecified atom stereocenters. The van der Waals surface area contributed by atoms with Crippen LogP contribution in [-0.4, -0.2) is 50.8 Å². The second kappa shape index (κ2) is 9.94. The fourth-order valence-corrected chi connectivity index (χ4v) is 2.93. The Morgan fingerprint density at radius 1 is 1.04 bits per heavy atom. The van der Waals surface area contributed by atoms with Crippen LogP contribution in [0.3, 0.4) is 0 Å². The molecule has 0 atom stereocenters. The van der Waals surface area contributed by atoms with Gasteiger partial charge in [0.15, 0.2) is 18.1 Å². The summed E-state index contributed by atoms with van der Waals surface area (Å²) in [6, 6.07) is 16.0. The molecule has 0 saturated carbocycles. The average Bonchev–Trinajstić information content (AvgIpc) is 2.73. The highest BCUT2D eigenvalue weighted by Gasteiger charge is 2.18. The van der Waals surface area contributed by atoms with E-state index in [2.05, 4.69) is 17.4 Å². The van der Waals surface area contributed by atoms with Gasteiger partial charge in [-0.2, -0.15) is 0 Å². The summed E-state index contributed by atoms with van der Waals surface area (Å²) in [5.74, 6) is 1.17. The van der Waals surface area contributed by atoms with Crippen LogP contribution in [0.15, 0.2) is 48.5 Å². The highest BCUT2D eigenvalue weighted by molar-refractivity contribution is 5.78. The van der Waals surface area contributed by atoms with Gasteiger partial charge in [-0.05, 0) is 23.3 Å². The van der Waals surface area contributed by atoms with Crippen LogP contribution in [0.5, 0.6) is 11.5 Å². The van der Waals surface area contributed by atoms with E-state index < -0.39 is 0 Å². The van der Waals surface area contributed by atoms with Gasteiger partial charge in [0.25, 0.3) is 5.91 Å². The summed E-state index contributed by atoms with van der Waals surface area (Å²) in [5.41, 5.74) is 2.33. The Kier molecular flexibility index (Phi) is 7.07. The minimum Gasteiger partial charge on any atom is -0.493 e. The van der Waals surface area contributed by atoms with E-state index in [-0.39, 0.29) is 12.5 Å². The number of benzene rings is 2. The van der Waals surface area contributed by atoms with Crippen molar-refractivity contribution in [2.75, 3.05) is 40.0 Å². The van der Waals surface area contributed by atoms with Gasteiger partial charge >= 0.3 is 0 Å². The molecular formula is C21H26N2O4. The van der Waals surface area contributed by atoms with Crippen LogP contribution >= 0.6 is 0 Å². The van der Waals surface area contributed by atoms with Gasteiger partial charge in [-0.1, -0.05) is 36.4 Å². The number of hydrogen-bond acceptors (Lipinski definition) is 5. The van der Waals surface area contributed by atoms with Gasteiger partial charge in [-0.25, -0.2) is 0 Å². The lowest BCUT2D eigenvalue weighted by Crippen LogP contribution is -2.43. The van der Waals surface area contributed by atoms with Crippen LogP contribution in [0, 0.1) is 0 Å². The summed E-state index contributed by atoms with van der Waals surface area (Å²) in [4.78, 5) is 14.0. The van der Waals surface area contributed by atoms with Gasteiger partial charge in [0.1, 0.15) is 0 Å². The number of hydrogen-bond donors (Lipinski definition) is 1. The van der Waals surface area contributed by atoms with Crippen LogP contribution in [0.25, 0.3) is 0 Å². The zero-order chi connectivity index (χ0) is 18.9. The van der Waals surface area contributed by atoms with Crippen molar-refractivity contribution in [3.63, 3.8) is 0 Å². The molecule has 27 heavy (non-hydrogen) atoms. The third-order valence-electron chi connectivity index (χ3n) is 4.44. The molecule has 3 rings (SSSR count). The summed E-state index contributed by atoms with van der Waals surface area (Å²) in [7, 11) is 1.60. The normalized spacial score (nSPS) is 14.0. The lowest BCUT2D eigenvalue weighted by atomic mass is 10.2. The van der Waals surface area contributed by atoms with E-state index in [0.29, 0.717) is 37.8 Å². The number of carbonyl (C=O) groups is 1. The minimum absolute atomic E-state index is 0.00195. The summed E-state index contributed by atoms with van der Waals surface area (Å²) < 4.78 is 16.4. The maximum absolute atomic E-state index is 12.2. The van der Waals surface area contributed by atoms with Gasteiger partial charge < -0.3 is 24.4 Å². The zero-order valence-electron chi connectivity index (χ0n) is 15.6. The molecule has 0 radical (unpaired) electrons. The SMILES string of the molecule is COc1cc(CNCc2ccccc2)ccc1OCC(=O)N1CCOCC1. The largest absolute Gasteiger partial charge is 0.493 e. The Hall–Kier alpha value is -2.57. The molecule has 1 heterocycles. The zero-order valence-corrected chi connectivity index (χ0v) is 15.6. The molecule has 0 spiro atoms. The van der Waals surface area contributed by atoms with Crippen molar-refractivity contribution in [3.05, 3.63) is 59.7 Å². The van der Waals surface area contributed by atoms with Crippen LogP contribution in [0.4, 0.5) is 0 Å². The van der Waals surface area contributed by atoms with Crippen molar-refractivity contribution in [2.24, 2.45) is 0 Å². The maximum atomic E-state index is 12.2. The van der Waals surface area contributed by atoms with Gasteiger partial charge in [-0.3, -0.25) is 4.79 Å². The minimum atomic E-state index is -0.0334. The van der Waals surface area contributed by atoms with Gasteiger partial charge in [0, 0.05) is 26.2 Å². The monoisotopic (exact) mass is 370 g/mol. The quantitative estimate of drug-likeness (QED) is 0.772. The molecular weight excluding hydrogens is 344 g/mol. The van der Waals surface area contributed by atoms with E-state index in [0.717, 1.165) is 18.7 Å². The van der Waals surface area contributed by atoms with Crippen molar-refractivity contribution in [3.8, 4) is 11.5 Å². The molecule has 1 N–H and O–H groups in total. The first-order valence-corrected chi connectivity index (χ1v) is 9.16. The van der Waals surface area contributed by atoms with Crippen molar-refractivity contribution in [1.29, 1.82) is 0 Å². The highest BCUT2D eigenvalue weighted by Crippen LogP contribution is 2.28. The number of carbonyl (C=O) groups excluding carboxylic acids is 1. The lowest BCUT2D eigenvalue weighted by molar-refractivity contribution is -0.137.